The fourth-order valence-corrected chi connectivity index (χ4v) is 2.97. The molecule has 0 atom stereocenters. The van der Waals surface area contributed by atoms with Crippen LogP contribution in [0.15, 0.2) is 41.4 Å². The number of halogens is 1. The zero-order valence-electron chi connectivity index (χ0n) is 10.2. The molecule has 0 saturated carbocycles. The normalized spacial score (nSPS) is 11.0. The van der Waals surface area contributed by atoms with Crippen molar-refractivity contribution >= 4 is 15.5 Å². The van der Waals surface area contributed by atoms with Crippen molar-refractivity contribution in [2.75, 3.05) is 5.73 Å². The molecule has 1 heterocycles. The second kappa shape index (κ2) is 5.27. The minimum atomic E-state index is -3.71. The van der Waals surface area contributed by atoms with E-state index in [1.165, 1.54) is 30.5 Å². The van der Waals surface area contributed by atoms with Crippen LogP contribution in [-0.4, -0.2) is 13.4 Å². The van der Waals surface area contributed by atoms with E-state index in [4.69, 9.17) is 11.0 Å². The standard InChI is InChI=1S/C13H10FN3O2S/c14-12-6-11(1-2-13(12)16)20(18,19)8-9-3-4-17-10(5-9)7-15/h1-6H,8,16H2. The summed E-state index contributed by atoms with van der Waals surface area (Å²) in [4.78, 5) is 3.60. The summed E-state index contributed by atoms with van der Waals surface area (Å²) in [5, 5.41) is 8.72. The fraction of sp³-hybridized carbons (Fsp3) is 0.0769. The Kier molecular flexibility index (Phi) is 3.68. The lowest BCUT2D eigenvalue weighted by atomic mass is 10.2. The van der Waals surface area contributed by atoms with E-state index in [1.807, 2.05) is 6.07 Å². The van der Waals surface area contributed by atoms with Crippen LogP contribution < -0.4 is 5.73 Å². The molecule has 2 rings (SSSR count). The van der Waals surface area contributed by atoms with Crippen LogP contribution in [-0.2, 0) is 15.6 Å². The number of anilines is 1. The van der Waals surface area contributed by atoms with Gasteiger partial charge in [0.2, 0.25) is 0 Å². The smallest absolute Gasteiger partial charge is 0.182 e. The largest absolute Gasteiger partial charge is 0.396 e. The molecule has 0 aliphatic heterocycles. The molecule has 1 aromatic heterocycles. The highest BCUT2D eigenvalue weighted by Crippen LogP contribution is 2.20. The summed E-state index contributed by atoms with van der Waals surface area (Å²) in [5.74, 6) is -1.12. The number of nitriles is 1. The molecule has 0 amide bonds. The van der Waals surface area contributed by atoms with E-state index in [9.17, 15) is 12.8 Å². The van der Waals surface area contributed by atoms with Crippen molar-refractivity contribution < 1.29 is 12.8 Å². The highest BCUT2D eigenvalue weighted by molar-refractivity contribution is 7.90. The minimum absolute atomic E-state index is 0.111. The van der Waals surface area contributed by atoms with Gasteiger partial charge in [0.1, 0.15) is 17.6 Å². The van der Waals surface area contributed by atoms with E-state index in [0.29, 0.717) is 5.56 Å². The maximum Gasteiger partial charge on any atom is 0.182 e. The molecule has 0 bridgehead atoms. The first kappa shape index (κ1) is 14.0. The average molecular weight is 291 g/mol. The van der Waals surface area contributed by atoms with Crippen LogP contribution in [0.4, 0.5) is 10.1 Å². The van der Waals surface area contributed by atoms with Crippen LogP contribution in [0.1, 0.15) is 11.3 Å². The molecule has 7 heteroatoms. The highest BCUT2D eigenvalue weighted by Gasteiger charge is 2.17. The molecular weight excluding hydrogens is 281 g/mol. The van der Waals surface area contributed by atoms with E-state index in [2.05, 4.69) is 4.98 Å². The lowest BCUT2D eigenvalue weighted by Crippen LogP contribution is -2.06. The number of sulfone groups is 1. The predicted molar refractivity (Wildman–Crippen MR) is 70.7 cm³/mol. The zero-order chi connectivity index (χ0) is 14.8. The van der Waals surface area contributed by atoms with Gasteiger partial charge in [-0.3, -0.25) is 0 Å². The van der Waals surface area contributed by atoms with Gasteiger partial charge in [-0.25, -0.2) is 17.8 Å². The molecule has 2 N–H and O–H groups in total. The number of pyridine rings is 1. The number of hydrogen-bond donors (Lipinski definition) is 1. The number of aromatic nitrogens is 1. The first-order valence-electron chi connectivity index (χ1n) is 5.55. The zero-order valence-corrected chi connectivity index (χ0v) is 11.1. The Morgan fingerprint density at radius 2 is 2.05 bits per heavy atom. The van der Waals surface area contributed by atoms with Crippen molar-refractivity contribution in [3.8, 4) is 6.07 Å². The molecule has 5 nitrogen and oxygen atoms in total. The van der Waals surface area contributed by atoms with Crippen LogP contribution in [0.2, 0.25) is 0 Å². The Balaban J connectivity index is 2.35. The third-order valence-electron chi connectivity index (χ3n) is 2.63. The van der Waals surface area contributed by atoms with Crippen molar-refractivity contribution in [1.82, 2.24) is 4.98 Å². The van der Waals surface area contributed by atoms with Gasteiger partial charge in [-0.05, 0) is 35.9 Å². The minimum Gasteiger partial charge on any atom is -0.396 e. The molecule has 0 fully saturated rings. The van der Waals surface area contributed by atoms with E-state index in [0.717, 1.165) is 6.07 Å². The molecule has 102 valence electrons. The van der Waals surface area contributed by atoms with E-state index < -0.39 is 15.7 Å². The molecule has 0 unspecified atom stereocenters. The van der Waals surface area contributed by atoms with Crippen molar-refractivity contribution in [2.45, 2.75) is 10.6 Å². The number of benzene rings is 1. The highest BCUT2D eigenvalue weighted by atomic mass is 32.2. The Bertz CT molecular complexity index is 798. The lowest BCUT2D eigenvalue weighted by Gasteiger charge is -2.06. The Morgan fingerprint density at radius 1 is 1.30 bits per heavy atom. The van der Waals surface area contributed by atoms with Crippen molar-refractivity contribution in [2.24, 2.45) is 0 Å². The summed E-state index contributed by atoms with van der Waals surface area (Å²) in [6.45, 7) is 0. The van der Waals surface area contributed by atoms with Gasteiger partial charge in [0.05, 0.1) is 16.3 Å². The van der Waals surface area contributed by atoms with Crippen molar-refractivity contribution in [3.63, 3.8) is 0 Å². The number of hydrogen-bond acceptors (Lipinski definition) is 5. The molecule has 1 aromatic carbocycles. The summed E-state index contributed by atoms with van der Waals surface area (Å²) in [7, 11) is -3.71. The van der Waals surface area contributed by atoms with Crippen molar-refractivity contribution in [1.29, 1.82) is 5.26 Å². The topological polar surface area (TPSA) is 96.8 Å². The fourth-order valence-electron chi connectivity index (χ4n) is 1.63. The molecule has 2 aromatic rings. The second-order valence-electron chi connectivity index (χ2n) is 4.10. The molecular formula is C13H10FN3O2S. The van der Waals surface area contributed by atoms with E-state index in [-0.39, 0.29) is 22.0 Å². The summed E-state index contributed by atoms with van der Waals surface area (Å²) in [5.41, 5.74) is 5.73. The van der Waals surface area contributed by atoms with Gasteiger partial charge in [0.25, 0.3) is 0 Å². The van der Waals surface area contributed by atoms with Crippen LogP contribution >= 0.6 is 0 Å². The molecule has 0 saturated heterocycles. The summed E-state index contributed by atoms with van der Waals surface area (Å²) in [6.07, 6.45) is 1.35. The third kappa shape index (κ3) is 2.92. The molecule has 0 aliphatic rings. The predicted octanol–water partition coefficient (Wildman–Crippen LogP) is 1.65. The van der Waals surface area contributed by atoms with Crippen LogP contribution in [0.3, 0.4) is 0 Å². The lowest BCUT2D eigenvalue weighted by molar-refractivity contribution is 0.591. The number of nitrogens with two attached hydrogens (primary N) is 1. The van der Waals surface area contributed by atoms with Crippen LogP contribution in [0, 0.1) is 17.1 Å². The first-order valence-corrected chi connectivity index (χ1v) is 7.20. The van der Waals surface area contributed by atoms with Gasteiger partial charge in [-0.15, -0.1) is 0 Å². The van der Waals surface area contributed by atoms with E-state index in [1.54, 1.807) is 0 Å². The Labute approximate surface area is 115 Å². The maximum absolute atomic E-state index is 13.3. The van der Waals surface area contributed by atoms with Crippen LogP contribution in [0.25, 0.3) is 0 Å². The molecule has 0 radical (unpaired) electrons. The first-order chi connectivity index (χ1) is 9.42. The molecule has 0 aliphatic carbocycles. The van der Waals surface area contributed by atoms with Gasteiger partial charge < -0.3 is 5.73 Å². The number of nitrogens with zero attached hydrogens (tertiary/aromatic N) is 2. The third-order valence-corrected chi connectivity index (χ3v) is 4.31. The van der Waals surface area contributed by atoms with Gasteiger partial charge in [0, 0.05) is 6.20 Å². The summed E-state index contributed by atoms with van der Waals surface area (Å²) >= 11 is 0. The van der Waals surface area contributed by atoms with Gasteiger partial charge in [-0.1, -0.05) is 0 Å². The van der Waals surface area contributed by atoms with Gasteiger partial charge in [0.15, 0.2) is 9.84 Å². The Morgan fingerprint density at radius 3 is 2.70 bits per heavy atom. The second-order valence-corrected chi connectivity index (χ2v) is 6.09. The van der Waals surface area contributed by atoms with Crippen LogP contribution in [0.5, 0.6) is 0 Å². The van der Waals surface area contributed by atoms with Gasteiger partial charge in [-0.2, -0.15) is 5.26 Å². The van der Waals surface area contributed by atoms with Crippen molar-refractivity contribution in [3.05, 3.63) is 53.6 Å². The molecule has 20 heavy (non-hydrogen) atoms. The van der Waals surface area contributed by atoms with Gasteiger partial charge >= 0.3 is 0 Å². The summed E-state index contributed by atoms with van der Waals surface area (Å²) < 4.78 is 37.6. The quantitative estimate of drug-likeness (QED) is 0.867. The average Bonchev–Trinajstić information content (AvgIpc) is 2.41. The van der Waals surface area contributed by atoms with E-state index >= 15 is 0 Å². The summed E-state index contributed by atoms with van der Waals surface area (Å²) in [6, 6.07) is 8.04. The monoisotopic (exact) mass is 291 g/mol. The molecule has 0 spiro atoms. The number of rotatable bonds is 3. The maximum atomic E-state index is 13.3. The SMILES string of the molecule is N#Cc1cc(CS(=O)(=O)c2ccc(N)c(F)c2)ccn1. The number of nitrogen functional groups attached to an aromatic ring is 1. The Hall–Kier alpha value is -2.46.